The second-order valence-corrected chi connectivity index (χ2v) is 7.36. The molecule has 0 unspecified atom stereocenters. The Labute approximate surface area is 133 Å². The Morgan fingerprint density at radius 2 is 1.90 bits per heavy atom. The number of esters is 1. The number of ether oxygens (including phenoxy) is 1. The normalized spacial score (nSPS) is 16.5. The van der Waals surface area contributed by atoms with E-state index in [1.807, 2.05) is 42.6 Å². The van der Waals surface area contributed by atoms with Gasteiger partial charge in [-0.25, -0.2) is 4.79 Å². The van der Waals surface area contributed by atoms with Gasteiger partial charge in [-0.15, -0.1) is 23.5 Å². The van der Waals surface area contributed by atoms with Gasteiger partial charge in [-0.3, -0.25) is 4.79 Å². The van der Waals surface area contributed by atoms with E-state index < -0.39 is 12.1 Å². The molecule has 1 N–H and O–H groups in total. The lowest BCUT2D eigenvalue weighted by molar-refractivity contribution is -0.128. The second kappa shape index (κ2) is 7.75. The third-order valence-electron chi connectivity index (χ3n) is 3.04. The van der Waals surface area contributed by atoms with Crippen LogP contribution in [0.5, 0.6) is 0 Å². The summed E-state index contributed by atoms with van der Waals surface area (Å²) in [6.07, 6.45) is -0.780. The zero-order chi connectivity index (χ0) is 15.2. The van der Waals surface area contributed by atoms with Gasteiger partial charge in [0.05, 0.1) is 10.1 Å². The van der Waals surface area contributed by atoms with Gasteiger partial charge in [0.15, 0.2) is 6.10 Å². The van der Waals surface area contributed by atoms with Crippen LogP contribution >= 0.6 is 23.5 Å². The van der Waals surface area contributed by atoms with Crippen LogP contribution in [0.2, 0.25) is 0 Å². The van der Waals surface area contributed by atoms with E-state index in [1.54, 1.807) is 19.1 Å². The highest BCUT2D eigenvalue weighted by molar-refractivity contribution is 8.19. The summed E-state index contributed by atoms with van der Waals surface area (Å²) in [4.78, 5) is 23.5. The van der Waals surface area contributed by atoms with Crippen molar-refractivity contribution < 1.29 is 14.3 Å². The van der Waals surface area contributed by atoms with Crippen molar-refractivity contribution in [2.45, 2.75) is 24.5 Å². The number of hydrogen-bond donors (Lipinski definition) is 1. The van der Waals surface area contributed by atoms with Crippen LogP contribution in [0.1, 0.15) is 34.4 Å². The van der Waals surface area contributed by atoms with Crippen LogP contribution in [0.15, 0.2) is 24.3 Å². The molecule has 0 aliphatic carbocycles. The molecule has 0 spiro atoms. The van der Waals surface area contributed by atoms with Crippen molar-refractivity contribution >= 4 is 35.4 Å². The lowest BCUT2D eigenvalue weighted by Crippen LogP contribution is -2.35. The van der Waals surface area contributed by atoms with Crippen molar-refractivity contribution in [2.75, 3.05) is 18.1 Å². The maximum atomic E-state index is 12.0. The molecule has 0 bridgehead atoms. The molecule has 1 saturated heterocycles. The van der Waals surface area contributed by atoms with Gasteiger partial charge in [0.25, 0.3) is 5.91 Å². The molecular formula is C15H19NO3S2. The van der Waals surface area contributed by atoms with Crippen molar-refractivity contribution in [3.8, 4) is 0 Å². The van der Waals surface area contributed by atoms with Crippen LogP contribution in [0.25, 0.3) is 0 Å². The number of carbonyl (C=O) groups excluding carboxylic acids is 2. The molecule has 1 aromatic carbocycles. The number of thioether (sulfide) groups is 2. The summed E-state index contributed by atoms with van der Waals surface area (Å²) in [7, 11) is 0. The molecule has 1 aromatic rings. The standard InChI is InChI=1S/C15H19NO3S2/c1-3-16-13(17)10(2)19-14(18)11-4-6-12(7-5-11)15-20-8-9-21-15/h4-7,10,15H,3,8-9H2,1-2H3,(H,16,17)/t10-/m1/s1. The third kappa shape index (κ3) is 4.41. The van der Waals surface area contributed by atoms with E-state index in [0.717, 1.165) is 0 Å². The molecule has 0 radical (unpaired) electrons. The first-order valence-electron chi connectivity index (χ1n) is 6.93. The summed E-state index contributed by atoms with van der Waals surface area (Å²) in [6.45, 7) is 3.92. The Kier molecular flexibility index (Phi) is 5.99. The number of nitrogens with one attached hydrogen (secondary N) is 1. The highest BCUT2D eigenvalue weighted by atomic mass is 32.2. The Morgan fingerprint density at radius 3 is 2.48 bits per heavy atom. The minimum absolute atomic E-state index is 0.277. The van der Waals surface area contributed by atoms with Gasteiger partial charge in [-0.2, -0.15) is 0 Å². The Balaban J connectivity index is 1.94. The highest BCUT2D eigenvalue weighted by Crippen LogP contribution is 2.45. The predicted molar refractivity (Wildman–Crippen MR) is 87.7 cm³/mol. The first-order valence-corrected chi connectivity index (χ1v) is 9.03. The Hall–Kier alpha value is -1.14. The van der Waals surface area contributed by atoms with Gasteiger partial charge >= 0.3 is 5.97 Å². The van der Waals surface area contributed by atoms with Crippen LogP contribution < -0.4 is 5.32 Å². The Bertz CT molecular complexity index is 498. The summed E-state index contributed by atoms with van der Waals surface area (Å²) in [5, 5.41) is 2.63. The zero-order valence-corrected chi connectivity index (χ0v) is 13.8. The molecule has 1 aliphatic heterocycles. The van der Waals surface area contributed by atoms with Crippen LogP contribution in [-0.2, 0) is 9.53 Å². The van der Waals surface area contributed by atoms with Gasteiger partial charge in [0, 0.05) is 18.1 Å². The van der Waals surface area contributed by atoms with Gasteiger partial charge in [-0.05, 0) is 31.5 Å². The van der Waals surface area contributed by atoms with E-state index in [1.165, 1.54) is 17.1 Å². The lowest BCUT2D eigenvalue weighted by Gasteiger charge is -2.13. The van der Waals surface area contributed by atoms with E-state index in [-0.39, 0.29) is 5.91 Å². The van der Waals surface area contributed by atoms with E-state index in [0.29, 0.717) is 16.7 Å². The van der Waals surface area contributed by atoms with Crippen LogP contribution in [-0.4, -0.2) is 36.0 Å². The topological polar surface area (TPSA) is 55.4 Å². The Morgan fingerprint density at radius 1 is 1.29 bits per heavy atom. The van der Waals surface area contributed by atoms with Crippen molar-refractivity contribution in [2.24, 2.45) is 0 Å². The summed E-state index contributed by atoms with van der Waals surface area (Å²) in [5.74, 6) is 1.60. The molecule has 21 heavy (non-hydrogen) atoms. The molecule has 6 heteroatoms. The maximum absolute atomic E-state index is 12.0. The number of carbonyl (C=O) groups is 2. The molecule has 0 aromatic heterocycles. The second-order valence-electron chi connectivity index (χ2n) is 4.64. The summed E-state index contributed by atoms with van der Waals surface area (Å²) in [6, 6.07) is 7.45. The zero-order valence-electron chi connectivity index (χ0n) is 12.1. The van der Waals surface area contributed by atoms with Crippen molar-refractivity contribution in [1.82, 2.24) is 5.32 Å². The fraction of sp³-hybridized carbons (Fsp3) is 0.467. The van der Waals surface area contributed by atoms with Gasteiger partial charge < -0.3 is 10.1 Å². The number of hydrogen-bond acceptors (Lipinski definition) is 5. The average molecular weight is 325 g/mol. The molecular weight excluding hydrogens is 306 g/mol. The van der Waals surface area contributed by atoms with E-state index in [4.69, 9.17) is 4.74 Å². The molecule has 1 fully saturated rings. The fourth-order valence-electron chi connectivity index (χ4n) is 1.93. The quantitative estimate of drug-likeness (QED) is 0.844. The number of benzene rings is 1. The molecule has 1 atom stereocenters. The maximum Gasteiger partial charge on any atom is 0.338 e. The fourth-order valence-corrected chi connectivity index (χ4v) is 4.79. The number of likely N-dealkylation sites (N-methyl/N-ethyl adjacent to an activating group) is 1. The minimum Gasteiger partial charge on any atom is -0.449 e. The average Bonchev–Trinajstić information content (AvgIpc) is 3.01. The molecule has 0 saturated carbocycles. The first kappa shape index (κ1) is 16.2. The molecule has 4 nitrogen and oxygen atoms in total. The van der Waals surface area contributed by atoms with Crippen LogP contribution in [0, 0.1) is 0 Å². The lowest BCUT2D eigenvalue weighted by atomic mass is 10.1. The largest absolute Gasteiger partial charge is 0.449 e. The number of amides is 1. The summed E-state index contributed by atoms with van der Waals surface area (Å²) < 4.78 is 5.62. The van der Waals surface area contributed by atoms with Gasteiger partial charge in [0.1, 0.15) is 0 Å². The van der Waals surface area contributed by atoms with E-state index in [2.05, 4.69) is 5.32 Å². The van der Waals surface area contributed by atoms with Crippen molar-refractivity contribution in [3.63, 3.8) is 0 Å². The van der Waals surface area contributed by atoms with Crippen LogP contribution in [0.3, 0.4) is 0 Å². The minimum atomic E-state index is -0.780. The van der Waals surface area contributed by atoms with Crippen molar-refractivity contribution in [1.29, 1.82) is 0 Å². The molecule has 2 rings (SSSR count). The van der Waals surface area contributed by atoms with E-state index in [9.17, 15) is 9.59 Å². The van der Waals surface area contributed by atoms with Gasteiger partial charge in [0.2, 0.25) is 0 Å². The van der Waals surface area contributed by atoms with E-state index >= 15 is 0 Å². The molecule has 1 heterocycles. The molecule has 114 valence electrons. The SMILES string of the molecule is CCNC(=O)[C@@H](C)OC(=O)c1ccc(C2SCCS2)cc1. The highest BCUT2D eigenvalue weighted by Gasteiger charge is 2.20. The van der Waals surface area contributed by atoms with Gasteiger partial charge in [-0.1, -0.05) is 12.1 Å². The molecule has 1 amide bonds. The number of rotatable bonds is 5. The summed E-state index contributed by atoms with van der Waals surface area (Å²) >= 11 is 3.85. The summed E-state index contributed by atoms with van der Waals surface area (Å²) in [5.41, 5.74) is 1.69. The predicted octanol–water partition coefficient (Wildman–Crippen LogP) is 2.85. The van der Waals surface area contributed by atoms with Crippen molar-refractivity contribution in [3.05, 3.63) is 35.4 Å². The third-order valence-corrected chi connectivity index (χ3v) is 6.15. The molecule has 1 aliphatic rings. The smallest absolute Gasteiger partial charge is 0.338 e. The monoisotopic (exact) mass is 325 g/mol. The van der Waals surface area contributed by atoms with Crippen LogP contribution in [0.4, 0.5) is 0 Å². The first-order chi connectivity index (χ1) is 10.1.